The number of hydrogen-bond acceptors (Lipinski definition) is 7. The van der Waals surface area contributed by atoms with Crippen LogP contribution in [0.5, 0.6) is 0 Å². The Morgan fingerprint density at radius 2 is 1.75 bits per heavy atom. The van der Waals surface area contributed by atoms with E-state index in [1.165, 1.54) is 33.2 Å². The fourth-order valence-corrected chi connectivity index (χ4v) is 4.12. The van der Waals surface area contributed by atoms with Crippen LogP contribution < -0.4 is 10.0 Å². The summed E-state index contributed by atoms with van der Waals surface area (Å²) in [6, 6.07) is 8.36. The second-order valence-electron chi connectivity index (χ2n) is 6.15. The second-order valence-corrected chi connectivity index (χ2v) is 7.80. The summed E-state index contributed by atoms with van der Waals surface area (Å²) in [7, 11) is -3.96. The van der Waals surface area contributed by atoms with Crippen molar-refractivity contribution in [2.24, 2.45) is 0 Å². The molecule has 0 spiro atoms. The average molecular weight is 401 g/mol. The van der Waals surface area contributed by atoms with Crippen molar-refractivity contribution in [1.82, 2.24) is 19.8 Å². The summed E-state index contributed by atoms with van der Waals surface area (Å²) in [5.74, 6) is 0.125. The van der Waals surface area contributed by atoms with E-state index in [0.717, 1.165) is 5.56 Å². The molecule has 1 amide bonds. The molecule has 3 aromatic rings. The molecule has 3 rings (SSSR count). The maximum atomic E-state index is 12.5. The molecule has 0 aliphatic rings. The Hall–Kier alpha value is -3.11. The summed E-state index contributed by atoms with van der Waals surface area (Å²) in [6.07, 6.45) is 2.92. The SMILES string of the molecule is Cc1noc(C)c1S(=O)(=O)N[C@@H](C)C(=O)Nc1cnc(-c2ccccc2)nc1. The molecule has 2 N–H and O–H groups in total. The van der Waals surface area contributed by atoms with E-state index in [4.69, 9.17) is 4.52 Å². The number of benzene rings is 1. The summed E-state index contributed by atoms with van der Waals surface area (Å²) in [5.41, 5.74) is 1.43. The highest BCUT2D eigenvalue weighted by Gasteiger charge is 2.28. The van der Waals surface area contributed by atoms with Crippen LogP contribution in [-0.4, -0.2) is 35.5 Å². The van der Waals surface area contributed by atoms with Gasteiger partial charge in [-0.3, -0.25) is 4.79 Å². The van der Waals surface area contributed by atoms with Crippen molar-refractivity contribution >= 4 is 21.6 Å². The zero-order valence-electron chi connectivity index (χ0n) is 15.5. The third kappa shape index (κ3) is 4.24. The normalized spacial score (nSPS) is 12.5. The van der Waals surface area contributed by atoms with Crippen LogP contribution in [0.15, 0.2) is 52.1 Å². The van der Waals surface area contributed by atoms with Gasteiger partial charge in [0.15, 0.2) is 11.6 Å². The molecule has 0 radical (unpaired) electrons. The van der Waals surface area contributed by atoms with Crippen LogP contribution in [-0.2, 0) is 14.8 Å². The van der Waals surface area contributed by atoms with Crippen molar-refractivity contribution in [2.45, 2.75) is 31.7 Å². The van der Waals surface area contributed by atoms with Gasteiger partial charge in [-0.15, -0.1) is 0 Å². The quantitative estimate of drug-likeness (QED) is 0.647. The predicted octanol–water partition coefficient (Wildman–Crippen LogP) is 2.05. The third-order valence-corrected chi connectivity index (χ3v) is 5.70. The molecule has 0 aliphatic carbocycles. The third-order valence-electron chi connectivity index (χ3n) is 3.91. The standard InChI is InChI=1S/C18H19N5O4S/c1-11-16(13(3)27-22-11)28(25,26)23-12(2)18(24)21-15-9-19-17(20-10-15)14-7-5-4-6-8-14/h4-10,12,23H,1-3H3,(H,21,24)/t12-/m0/s1. The number of amides is 1. The largest absolute Gasteiger partial charge is 0.360 e. The van der Waals surface area contributed by atoms with Gasteiger partial charge in [0.1, 0.15) is 10.6 Å². The van der Waals surface area contributed by atoms with Crippen LogP contribution in [0.3, 0.4) is 0 Å². The number of carbonyl (C=O) groups excluding carboxylic acids is 1. The maximum absolute atomic E-state index is 12.5. The highest BCUT2D eigenvalue weighted by Crippen LogP contribution is 2.19. The number of hydrogen-bond donors (Lipinski definition) is 2. The smallest absolute Gasteiger partial charge is 0.246 e. The average Bonchev–Trinajstić information content (AvgIpc) is 3.02. The van der Waals surface area contributed by atoms with E-state index in [9.17, 15) is 13.2 Å². The van der Waals surface area contributed by atoms with E-state index in [2.05, 4.69) is 25.2 Å². The first kappa shape index (κ1) is 19.6. The van der Waals surface area contributed by atoms with Crippen LogP contribution in [0.2, 0.25) is 0 Å². The topological polar surface area (TPSA) is 127 Å². The van der Waals surface area contributed by atoms with Gasteiger partial charge in [0.25, 0.3) is 0 Å². The first-order valence-electron chi connectivity index (χ1n) is 8.41. The van der Waals surface area contributed by atoms with Gasteiger partial charge in [0.05, 0.1) is 24.1 Å². The van der Waals surface area contributed by atoms with E-state index in [1.54, 1.807) is 0 Å². The number of aryl methyl sites for hydroxylation is 2. The molecule has 0 bridgehead atoms. The highest BCUT2D eigenvalue weighted by molar-refractivity contribution is 7.89. The van der Waals surface area contributed by atoms with Crippen LogP contribution in [0.1, 0.15) is 18.4 Å². The first-order valence-corrected chi connectivity index (χ1v) is 9.90. The van der Waals surface area contributed by atoms with Gasteiger partial charge < -0.3 is 9.84 Å². The lowest BCUT2D eigenvalue weighted by molar-refractivity contribution is -0.117. The maximum Gasteiger partial charge on any atom is 0.246 e. The van der Waals surface area contributed by atoms with Crippen molar-refractivity contribution in [1.29, 1.82) is 0 Å². The lowest BCUT2D eigenvalue weighted by atomic mass is 10.2. The molecular weight excluding hydrogens is 382 g/mol. The minimum Gasteiger partial charge on any atom is -0.360 e. The van der Waals surface area contributed by atoms with Crippen LogP contribution >= 0.6 is 0 Å². The molecule has 0 aliphatic heterocycles. The fraction of sp³-hybridized carbons (Fsp3) is 0.222. The summed E-state index contributed by atoms with van der Waals surface area (Å²) < 4.78 is 32.2. The molecule has 1 atom stereocenters. The van der Waals surface area contributed by atoms with Gasteiger partial charge in [-0.1, -0.05) is 35.5 Å². The molecule has 10 heteroatoms. The lowest BCUT2D eigenvalue weighted by Crippen LogP contribution is -2.41. The van der Waals surface area contributed by atoms with Gasteiger partial charge in [-0.25, -0.2) is 18.4 Å². The molecule has 2 heterocycles. The first-order chi connectivity index (χ1) is 13.3. The van der Waals surface area contributed by atoms with E-state index in [1.807, 2.05) is 30.3 Å². The Balaban J connectivity index is 1.67. The number of nitrogens with one attached hydrogen (secondary N) is 2. The monoisotopic (exact) mass is 401 g/mol. The molecule has 28 heavy (non-hydrogen) atoms. The Morgan fingerprint density at radius 3 is 2.32 bits per heavy atom. The minimum absolute atomic E-state index is 0.0669. The molecule has 0 saturated carbocycles. The van der Waals surface area contributed by atoms with Crippen LogP contribution in [0.25, 0.3) is 11.4 Å². The lowest BCUT2D eigenvalue weighted by Gasteiger charge is -2.14. The zero-order chi connectivity index (χ0) is 20.3. The predicted molar refractivity (Wildman–Crippen MR) is 102 cm³/mol. The molecule has 2 aromatic heterocycles. The number of rotatable bonds is 6. The van der Waals surface area contributed by atoms with Crippen molar-refractivity contribution in [3.63, 3.8) is 0 Å². The number of carbonyl (C=O) groups is 1. The van der Waals surface area contributed by atoms with E-state index in [0.29, 0.717) is 11.5 Å². The highest BCUT2D eigenvalue weighted by atomic mass is 32.2. The number of aromatic nitrogens is 3. The molecule has 0 saturated heterocycles. The zero-order valence-corrected chi connectivity index (χ0v) is 16.3. The number of sulfonamides is 1. The van der Waals surface area contributed by atoms with Gasteiger partial charge in [0, 0.05) is 5.56 Å². The van der Waals surface area contributed by atoms with Gasteiger partial charge >= 0.3 is 0 Å². The summed E-state index contributed by atoms with van der Waals surface area (Å²) in [5, 5.41) is 6.21. The Kier molecular flexibility index (Phi) is 5.52. The van der Waals surface area contributed by atoms with E-state index < -0.39 is 22.0 Å². The molecule has 0 fully saturated rings. The molecule has 146 valence electrons. The summed E-state index contributed by atoms with van der Waals surface area (Å²) in [4.78, 5) is 20.7. The van der Waals surface area contributed by atoms with Gasteiger partial charge in [0.2, 0.25) is 15.9 Å². The molecule has 1 aromatic carbocycles. The number of anilines is 1. The van der Waals surface area contributed by atoms with Gasteiger partial charge in [-0.2, -0.15) is 4.72 Å². The van der Waals surface area contributed by atoms with E-state index >= 15 is 0 Å². The van der Waals surface area contributed by atoms with Crippen molar-refractivity contribution in [3.05, 3.63) is 54.2 Å². The van der Waals surface area contributed by atoms with Crippen molar-refractivity contribution in [2.75, 3.05) is 5.32 Å². The van der Waals surface area contributed by atoms with Crippen LogP contribution in [0, 0.1) is 13.8 Å². The molecule has 9 nitrogen and oxygen atoms in total. The van der Waals surface area contributed by atoms with Gasteiger partial charge in [-0.05, 0) is 20.8 Å². The number of nitrogens with zero attached hydrogens (tertiary/aromatic N) is 3. The minimum atomic E-state index is -3.96. The molecular formula is C18H19N5O4S. The Bertz CT molecular complexity index is 1060. The molecule has 0 unspecified atom stereocenters. The van der Waals surface area contributed by atoms with Crippen molar-refractivity contribution < 1.29 is 17.7 Å². The van der Waals surface area contributed by atoms with E-state index in [-0.39, 0.29) is 16.3 Å². The van der Waals surface area contributed by atoms with Crippen LogP contribution in [0.4, 0.5) is 5.69 Å². The summed E-state index contributed by atoms with van der Waals surface area (Å²) in [6.45, 7) is 4.44. The second kappa shape index (κ2) is 7.87. The fourth-order valence-electron chi connectivity index (χ4n) is 2.58. The Labute approximate surface area is 162 Å². The van der Waals surface area contributed by atoms with Crippen molar-refractivity contribution in [3.8, 4) is 11.4 Å². The summed E-state index contributed by atoms with van der Waals surface area (Å²) >= 11 is 0. The Morgan fingerprint density at radius 1 is 1.11 bits per heavy atom.